The van der Waals surface area contributed by atoms with E-state index in [-0.39, 0.29) is 26.5 Å². The van der Waals surface area contributed by atoms with Crippen molar-refractivity contribution in [2.75, 3.05) is 0 Å². The minimum absolute atomic E-state index is 0. The topological polar surface area (TPSA) is 44.9 Å². The molecule has 0 radical (unpaired) electrons. The van der Waals surface area contributed by atoms with E-state index in [0.29, 0.717) is 11.5 Å². The van der Waals surface area contributed by atoms with Gasteiger partial charge in [0, 0.05) is 34.5 Å². The first-order chi connectivity index (χ1) is 22.7. The van der Waals surface area contributed by atoms with Crippen molar-refractivity contribution in [2.24, 2.45) is 0 Å². The van der Waals surface area contributed by atoms with Crippen LogP contribution in [0.5, 0.6) is 11.5 Å². The molecule has 0 amide bonds. The van der Waals surface area contributed by atoms with Gasteiger partial charge in [-0.15, -0.1) is 35.7 Å². The van der Waals surface area contributed by atoms with E-state index in [1.807, 2.05) is 24.4 Å². The first-order valence-corrected chi connectivity index (χ1v) is 16.6. The van der Waals surface area contributed by atoms with Crippen molar-refractivity contribution in [2.45, 2.75) is 66.2 Å². The molecule has 0 unspecified atom stereocenters. The number of fused-ring (bicyclic) bond motifs is 3. The second kappa shape index (κ2) is 13.6. The fraction of sp³-hybridized carbons (Fsp3) is 0.238. The molecule has 0 aliphatic carbocycles. The maximum Gasteiger partial charge on any atom is 2.00 e. The molecule has 0 saturated carbocycles. The number of ether oxygens (including phenoxy) is 1. The summed E-state index contributed by atoms with van der Waals surface area (Å²) in [5.74, 6) is 2.09. The van der Waals surface area contributed by atoms with Crippen LogP contribution in [0.3, 0.4) is 0 Å². The predicted molar refractivity (Wildman–Crippen MR) is 192 cm³/mol. The van der Waals surface area contributed by atoms with Crippen molar-refractivity contribution in [3.05, 3.63) is 132 Å². The zero-order chi connectivity index (χ0) is 32.7. The van der Waals surface area contributed by atoms with Crippen molar-refractivity contribution < 1.29 is 25.8 Å². The van der Waals surface area contributed by atoms with Gasteiger partial charge in [-0.3, -0.25) is 4.68 Å². The van der Waals surface area contributed by atoms with E-state index in [1.165, 1.54) is 27.9 Å². The number of aromatic nitrogens is 4. The van der Waals surface area contributed by atoms with E-state index in [4.69, 9.17) is 14.8 Å². The summed E-state index contributed by atoms with van der Waals surface area (Å²) in [5.41, 5.74) is 10.1. The number of aryl methyl sites for hydroxylation is 2. The Kier molecular flexibility index (Phi) is 9.45. The molecule has 6 heteroatoms. The van der Waals surface area contributed by atoms with Crippen LogP contribution in [0.1, 0.15) is 63.6 Å². The average Bonchev–Trinajstić information content (AvgIpc) is 3.60. The summed E-state index contributed by atoms with van der Waals surface area (Å²) >= 11 is 0. The fourth-order valence-corrected chi connectivity index (χ4v) is 6.39. The monoisotopic (exact) mass is 811 g/mol. The Labute approximate surface area is 297 Å². The zero-order valence-electron chi connectivity index (χ0n) is 28.4. The third kappa shape index (κ3) is 6.24. The van der Waals surface area contributed by atoms with Crippen LogP contribution in [-0.2, 0) is 39.3 Å². The van der Waals surface area contributed by atoms with Crippen LogP contribution in [-0.4, -0.2) is 19.3 Å². The van der Waals surface area contributed by atoms with Crippen molar-refractivity contribution in [1.29, 1.82) is 0 Å². The summed E-state index contributed by atoms with van der Waals surface area (Å²) < 4.78 is 10.7. The molecule has 7 aromatic rings. The first kappa shape index (κ1) is 33.4. The summed E-state index contributed by atoms with van der Waals surface area (Å²) in [6.45, 7) is 13.2. The molecule has 5 nitrogen and oxygen atoms in total. The second-order valence-corrected chi connectivity index (χ2v) is 13.2. The number of benzene rings is 4. The van der Waals surface area contributed by atoms with Crippen LogP contribution in [0, 0.1) is 19.1 Å². The van der Waals surface area contributed by atoms with Crippen molar-refractivity contribution in [1.82, 2.24) is 19.3 Å². The van der Waals surface area contributed by atoms with Crippen LogP contribution in [0.25, 0.3) is 44.4 Å². The Hall–Kier alpha value is -4.47. The molecule has 7 rings (SSSR count). The Morgan fingerprint density at radius 3 is 2.33 bits per heavy atom. The van der Waals surface area contributed by atoms with E-state index >= 15 is 0 Å². The van der Waals surface area contributed by atoms with Gasteiger partial charge in [0.1, 0.15) is 5.82 Å². The molecule has 48 heavy (non-hydrogen) atoms. The van der Waals surface area contributed by atoms with Gasteiger partial charge in [-0.1, -0.05) is 94.6 Å². The molecule has 0 spiro atoms. The summed E-state index contributed by atoms with van der Waals surface area (Å²) in [6, 6.07) is 38.7. The molecule has 0 aliphatic heterocycles. The number of para-hydroxylation sites is 1. The van der Waals surface area contributed by atoms with E-state index in [9.17, 15) is 0 Å². The minimum Gasteiger partial charge on any atom is -0.509 e. The first-order valence-electron chi connectivity index (χ1n) is 16.6. The Bertz CT molecular complexity index is 2220. The van der Waals surface area contributed by atoms with Gasteiger partial charge in [-0.05, 0) is 65.6 Å². The number of hydrogen-bond donors (Lipinski definition) is 0. The smallest absolute Gasteiger partial charge is 0.509 e. The van der Waals surface area contributed by atoms with Crippen LogP contribution in [0.15, 0.2) is 97.2 Å². The number of nitrogens with zero attached hydrogens (tertiary/aromatic N) is 4. The molecule has 3 aromatic heterocycles. The summed E-state index contributed by atoms with van der Waals surface area (Å²) in [7, 11) is 0. The molecule has 244 valence electrons. The minimum atomic E-state index is -0.000347. The molecular formula is C42H40N4OPt. The van der Waals surface area contributed by atoms with E-state index in [2.05, 4.69) is 136 Å². The Morgan fingerprint density at radius 1 is 0.812 bits per heavy atom. The second-order valence-electron chi connectivity index (χ2n) is 13.2. The van der Waals surface area contributed by atoms with Gasteiger partial charge in [0.05, 0.1) is 5.69 Å². The van der Waals surface area contributed by atoms with Gasteiger partial charge < -0.3 is 9.30 Å². The normalized spacial score (nSPS) is 11.6. The van der Waals surface area contributed by atoms with Gasteiger partial charge in [0.2, 0.25) is 0 Å². The predicted octanol–water partition coefficient (Wildman–Crippen LogP) is 10.5. The molecule has 0 N–H and O–H groups in total. The fourth-order valence-electron chi connectivity index (χ4n) is 6.39. The third-order valence-corrected chi connectivity index (χ3v) is 8.81. The largest absolute Gasteiger partial charge is 2.00 e. The van der Waals surface area contributed by atoms with Gasteiger partial charge in [0.25, 0.3) is 0 Å². The van der Waals surface area contributed by atoms with Gasteiger partial charge >= 0.3 is 21.1 Å². The van der Waals surface area contributed by atoms with E-state index < -0.39 is 0 Å². The molecule has 4 aromatic carbocycles. The van der Waals surface area contributed by atoms with Crippen molar-refractivity contribution in [3.8, 4) is 34.1 Å². The molecule has 0 atom stereocenters. The van der Waals surface area contributed by atoms with Gasteiger partial charge in [0.15, 0.2) is 0 Å². The average molecular weight is 812 g/mol. The number of pyridine rings is 1. The van der Waals surface area contributed by atoms with Crippen molar-refractivity contribution in [3.63, 3.8) is 0 Å². The number of hydrogen-bond acceptors (Lipinski definition) is 3. The van der Waals surface area contributed by atoms with Crippen LogP contribution < -0.4 is 4.74 Å². The molecule has 0 bridgehead atoms. The van der Waals surface area contributed by atoms with E-state index in [0.717, 1.165) is 58.3 Å². The molecule has 0 saturated heterocycles. The van der Waals surface area contributed by atoms with Crippen molar-refractivity contribution >= 4 is 21.8 Å². The molecule has 3 heterocycles. The molecular weight excluding hydrogens is 772 g/mol. The quantitative estimate of drug-likeness (QED) is 0.144. The van der Waals surface area contributed by atoms with Crippen LogP contribution in [0.4, 0.5) is 0 Å². The van der Waals surface area contributed by atoms with E-state index in [1.54, 1.807) is 0 Å². The summed E-state index contributed by atoms with van der Waals surface area (Å²) in [4.78, 5) is 4.81. The summed E-state index contributed by atoms with van der Waals surface area (Å²) in [5, 5.41) is 7.37. The van der Waals surface area contributed by atoms with Crippen LogP contribution in [0.2, 0.25) is 0 Å². The maximum absolute atomic E-state index is 6.49. The maximum atomic E-state index is 6.49. The summed E-state index contributed by atoms with van der Waals surface area (Å²) in [6.07, 6.45) is 4.67. The molecule has 0 fully saturated rings. The zero-order valence-corrected chi connectivity index (χ0v) is 30.6. The Balaban J connectivity index is 0.00000401. The molecule has 0 aliphatic rings. The third-order valence-electron chi connectivity index (χ3n) is 8.81. The van der Waals surface area contributed by atoms with Gasteiger partial charge in [-0.2, -0.15) is 17.2 Å². The van der Waals surface area contributed by atoms with Crippen LogP contribution >= 0.6 is 0 Å². The number of rotatable bonds is 8. The van der Waals surface area contributed by atoms with Gasteiger partial charge in [-0.25, -0.2) is 4.98 Å². The SMILES string of the molecule is CCCc1c(-c2ccc(C)cc2)c(CC)nn1-c1[c-]c(Oc2[c-]c3c(cc2)c2ccccc2n3-c2cc(C(C)(C)C)ccn2)ccc1.[Pt+2]. The Morgan fingerprint density at radius 2 is 1.58 bits per heavy atom. The standard InChI is InChI=1S/C42H40N4O.Pt/c1-7-12-38-41(29-19-17-28(3)18-20-29)36(8-2)44-46(38)31-13-11-14-32(26-31)47-33-21-22-35-34-15-9-10-16-37(34)45(39(35)27-33)40-25-30(23-24-43-40)42(4,5)6;/h9-11,13-25H,7-8,12H2,1-6H3;/q-2;+2.